The second kappa shape index (κ2) is 2.38. The molecule has 0 bridgehead atoms. The highest BCUT2D eigenvalue weighted by atomic mass is 16.8. The molecule has 1 rings (SSSR count). The molecule has 1 heterocycles. The molecule has 0 spiro atoms. The number of carbonyl (C=O) groups excluding carboxylic acids is 1. The van der Waals surface area contributed by atoms with Gasteiger partial charge in [0.15, 0.2) is 0 Å². The summed E-state index contributed by atoms with van der Waals surface area (Å²) in [5.74, 6) is 0. The zero-order valence-corrected chi connectivity index (χ0v) is 8.30. The highest BCUT2D eigenvalue weighted by molar-refractivity contribution is 5.63. The molecule has 0 N–H and O–H groups in total. The van der Waals surface area contributed by atoms with Gasteiger partial charge in [-0.3, -0.25) is 0 Å². The van der Waals surface area contributed by atoms with Gasteiger partial charge in [-0.2, -0.15) is 0 Å². The Balaban J connectivity index is 2.86. The Bertz CT molecular complexity index is 200. The Morgan fingerprint density at radius 3 is 2.00 bits per heavy atom. The predicted octanol–water partition coefficient (Wildman–Crippen LogP) is 2.35. The average Bonchev–Trinajstić information content (AvgIpc) is 2.02. The van der Waals surface area contributed by atoms with Crippen LogP contribution >= 0.6 is 0 Å². The molecule has 0 saturated carbocycles. The Labute approximate surface area is 73.0 Å². The molecule has 70 valence electrons. The maximum atomic E-state index is 10.9. The normalized spacial score (nSPS) is 28.1. The highest BCUT2D eigenvalue weighted by Gasteiger charge is 2.49. The SMILES string of the molecule is CC(C)(C)C1OC(=O)OC1(C)C. The van der Waals surface area contributed by atoms with E-state index in [2.05, 4.69) is 0 Å². The lowest BCUT2D eigenvalue weighted by Gasteiger charge is -2.32. The van der Waals surface area contributed by atoms with Crippen LogP contribution in [0.15, 0.2) is 0 Å². The lowest BCUT2D eigenvalue weighted by atomic mass is 9.80. The fourth-order valence-electron chi connectivity index (χ4n) is 1.75. The van der Waals surface area contributed by atoms with Crippen molar-refractivity contribution < 1.29 is 14.3 Å². The Kier molecular flexibility index (Phi) is 1.85. The molecule has 3 heteroatoms. The molecule has 1 fully saturated rings. The molecule has 1 aliphatic heterocycles. The van der Waals surface area contributed by atoms with Crippen molar-refractivity contribution in [2.75, 3.05) is 0 Å². The van der Waals surface area contributed by atoms with E-state index in [9.17, 15) is 4.79 Å². The number of rotatable bonds is 0. The standard InChI is InChI=1S/C9H16O3/c1-8(2,3)6-9(4,5)12-7(10)11-6/h6H,1-5H3. The van der Waals surface area contributed by atoms with Crippen LogP contribution < -0.4 is 0 Å². The van der Waals surface area contributed by atoms with E-state index in [0.717, 1.165) is 0 Å². The summed E-state index contributed by atoms with van der Waals surface area (Å²) >= 11 is 0. The second-order valence-corrected chi connectivity index (χ2v) is 4.82. The van der Waals surface area contributed by atoms with Crippen molar-refractivity contribution in [3.8, 4) is 0 Å². The van der Waals surface area contributed by atoms with Gasteiger partial charge in [0.05, 0.1) is 0 Å². The lowest BCUT2D eigenvalue weighted by Crippen LogP contribution is -2.42. The first-order valence-electron chi connectivity index (χ1n) is 4.13. The molecule has 0 aromatic carbocycles. The van der Waals surface area contributed by atoms with Crippen LogP contribution in [0.3, 0.4) is 0 Å². The molecule has 0 aromatic rings. The fraction of sp³-hybridized carbons (Fsp3) is 0.889. The molecule has 1 atom stereocenters. The lowest BCUT2D eigenvalue weighted by molar-refractivity contribution is 0.00317. The molecule has 3 nitrogen and oxygen atoms in total. The van der Waals surface area contributed by atoms with Gasteiger partial charge in [0.25, 0.3) is 0 Å². The number of carbonyl (C=O) groups is 1. The molecule has 12 heavy (non-hydrogen) atoms. The van der Waals surface area contributed by atoms with Crippen molar-refractivity contribution in [3.63, 3.8) is 0 Å². The molecule has 1 unspecified atom stereocenters. The van der Waals surface area contributed by atoms with E-state index in [1.54, 1.807) is 0 Å². The average molecular weight is 172 g/mol. The summed E-state index contributed by atoms with van der Waals surface area (Å²) < 4.78 is 10.1. The van der Waals surface area contributed by atoms with Crippen LogP contribution in [0.1, 0.15) is 34.6 Å². The third-order valence-electron chi connectivity index (χ3n) is 1.98. The summed E-state index contributed by atoms with van der Waals surface area (Å²) in [7, 11) is 0. The van der Waals surface area contributed by atoms with Crippen LogP contribution in [0.5, 0.6) is 0 Å². The molecular formula is C9H16O3. The largest absolute Gasteiger partial charge is 0.509 e. The number of ether oxygens (including phenoxy) is 2. The predicted molar refractivity (Wildman–Crippen MR) is 44.9 cm³/mol. The number of hydrogen-bond donors (Lipinski definition) is 0. The van der Waals surface area contributed by atoms with Crippen molar-refractivity contribution in [2.24, 2.45) is 5.41 Å². The van der Waals surface area contributed by atoms with Crippen LogP contribution in [0.25, 0.3) is 0 Å². The van der Waals surface area contributed by atoms with Gasteiger partial charge in [-0.15, -0.1) is 0 Å². The van der Waals surface area contributed by atoms with Crippen molar-refractivity contribution in [1.82, 2.24) is 0 Å². The van der Waals surface area contributed by atoms with Gasteiger partial charge in [-0.25, -0.2) is 4.79 Å². The van der Waals surface area contributed by atoms with E-state index < -0.39 is 11.8 Å². The molecule has 1 saturated heterocycles. The van der Waals surface area contributed by atoms with Crippen molar-refractivity contribution in [2.45, 2.75) is 46.3 Å². The first-order valence-corrected chi connectivity index (χ1v) is 4.13. The summed E-state index contributed by atoms with van der Waals surface area (Å²) in [5, 5.41) is 0. The Hall–Kier alpha value is -0.730. The fourth-order valence-corrected chi connectivity index (χ4v) is 1.75. The minimum absolute atomic E-state index is 0.0737. The quantitative estimate of drug-likeness (QED) is 0.526. The zero-order chi connectivity index (χ0) is 9.57. The third-order valence-corrected chi connectivity index (χ3v) is 1.98. The monoisotopic (exact) mass is 172 g/mol. The molecule has 1 aliphatic rings. The minimum Gasteiger partial charge on any atom is -0.426 e. The zero-order valence-electron chi connectivity index (χ0n) is 8.30. The van der Waals surface area contributed by atoms with E-state index >= 15 is 0 Å². The van der Waals surface area contributed by atoms with Crippen LogP contribution in [0.2, 0.25) is 0 Å². The van der Waals surface area contributed by atoms with Crippen LogP contribution in [0.4, 0.5) is 4.79 Å². The molecular weight excluding hydrogens is 156 g/mol. The molecule has 0 aromatic heterocycles. The van der Waals surface area contributed by atoms with E-state index in [1.165, 1.54) is 0 Å². The van der Waals surface area contributed by atoms with Gasteiger partial charge in [0.2, 0.25) is 0 Å². The minimum atomic E-state index is -0.556. The summed E-state index contributed by atoms with van der Waals surface area (Å²) in [6.07, 6.45) is -0.725. The first-order chi connectivity index (χ1) is 5.23. The van der Waals surface area contributed by atoms with Crippen LogP contribution in [0, 0.1) is 5.41 Å². The summed E-state index contributed by atoms with van der Waals surface area (Å²) in [5.41, 5.74) is -0.578. The van der Waals surface area contributed by atoms with Crippen molar-refractivity contribution in [1.29, 1.82) is 0 Å². The smallest absolute Gasteiger partial charge is 0.426 e. The Morgan fingerprint density at radius 1 is 1.33 bits per heavy atom. The summed E-state index contributed by atoms with van der Waals surface area (Å²) in [6, 6.07) is 0. The van der Waals surface area contributed by atoms with Gasteiger partial charge < -0.3 is 9.47 Å². The molecule has 0 radical (unpaired) electrons. The second-order valence-electron chi connectivity index (χ2n) is 4.82. The molecule has 0 aliphatic carbocycles. The van der Waals surface area contributed by atoms with Crippen molar-refractivity contribution >= 4 is 6.16 Å². The topological polar surface area (TPSA) is 35.5 Å². The number of hydrogen-bond acceptors (Lipinski definition) is 3. The van der Waals surface area contributed by atoms with E-state index in [1.807, 2.05) is 34.6 Å². The maximum Gasteiger partial charge on any atom is 0.509 e. The highest BCUT2D eigenvalue weighted by Crippen LogP contribution is 2.37. The van der Waals surface area contributed by atoms with Gasteiger partial charge in [-0.05, 0) is 13.8 Å². The number of cyclic esters (lactones) is 2. The van der Waals surface area contributed by atoms with Crippen LogP contribution in [-0.2, 0) is 9.47 Å². The summed E-state index contributed by atoms with van der Waals surface area (Å²) in [4.78, 5) is 10.9. The maximum absolute atomic E-state index is 10.9. The van der Waals surface area contributed by atoms with Crippen LogP contribution in [-0.4, -0.2) is 17.9 Å². The van der Waals surface area contributed by atoms with Gasteiger partial charge >= 0.3 is 6.16 Å². The Morgan fingerprint density at radius 2 is 1.83 bits per heavy atom. The van der Waals surface area contributed by atoms with Gasteiger partial charge in [-0.1, -0.05) is 20.8 Å². The summed E-state index contributed by atoms with van der Waals surface area (Å²) in [6.45, 7) is 9.83. The van der Waals surface area contributed by atoms with Gasteiger partial charge in [0.1, 0.15) is 11.7 Å². The third kappa shape index (κ3) is 1.54. The van der Waals surface area contributed by atoms with E-state index in [4.69, 9.17) is 9.47 Å². The van der Waals surface area contributed by atoms with Crippen molar-refractivity contribution in [3.05, 3.63) is 0 Å². The first kappa shape index (κ1) is 9.36. The van der Waals surface area contributed by atoms with E-state index in [-0.39, 0.29) is 11.5 Å². The van der Waals surface area contributed by atoms with Gasteiger partial charge in [0, 0.05) is 5.41 Å². The molecule has 0 amide bonds. The van der Waals surface area contributed by atoms with E-state index in [0.29, 0.717) is 0 Å².